The molecule has 0 amide bonds. The predicted octanol–water partition coefficient (Wildman–Crippen LogP) is 3.47. The first-order valence-corrected chi connectivity index (χ1v) is 6.62. The van der Waals surface area contributed by atoms with Crippen molar-refractivity contribution >= 4 is 17.1 Å². The Morgan fingerprint density at radius 1 is 1.47 bits per heavy atom. The molecule has 1 aromatic heterocycles. The fourth-order valence-corrected chi connectivity index (χ4v) is 2.87. The fraction of sp³-hybridized carbons (Fsp3) is 0.615. The van der Waals surface area contributed by atoms with E-state index in [0.29, 0.717) is 18.1 Å². The van der Waals surface area contributed by atoms with Crippen LogP contribution in [0, 0.1) is 11.8 Å². The van der Waals surface area contributed by atoms with Crippen LogP contribution < -0.4 is 0 Å². The molecule has 1 aliphatic carbocycles. The highest BCUT2D eigenvalue weighted by Gasteiger charge is 2.32. The van der Waals surface area contributed by atoms with Gasteiger partial charge in [0.2, 0.25) is 0 Å². The lowest BCUT2D eigenvalue weighted by atomic mass is 9.98. The average molecular weight is 222 g/mol. The maximum Gasteiger partial charge on any atom is 0.141 e. The second kappa shape index (κ2) is 4.48. The number of thiophene rings is 1. The Morgan fingerprint density at radius 3 is 2.67 bits per heavy atom. The minimum atomic E-state index is 0.289. The van der Waals surface area contributed by atoms with Gasteiger partial charge in [0.1, 0.15) is 5.78 Å². The second-order valence-electron chi connectivity index (χ2n) is 4.49. The second-order valence-corrected chi connectivity index (χ2v) is 5.74. The van der Waals surface area contributed by atoms with Gasteiger partial charge in [0.05, 0.1) is 0 Å². The lowest BCUT2D eigenvalue weighted by molar-refractivity contribution is -0.122. The summed E-state index contributed by atoms with van der Waals surface area (Å²) in [4.78, 5) is 14.5. The molecule has 2 rings (SSSR count). The summed E-state index contributed by atoms with van der Waals surface area (Å²) in [6, 6.07) is 4.26. The molecule has 1 nitrogen and oxygen atoms in total. The van der Waals surface area contributed by atoms with E-state index >= 15 is 0 Å². The summed E-state index contributed by atoms with van der Waals surface area (Å²) < 4.78 is 0. The van der Waals surface area contributed by atoms with Crippen LogP contribution in [-0.2, 0) is 17.6 Å². The zero-order chi connectivity index (χ0) is 10.8. The Morgan fingerprint density at radius 2 is 2.13 bits per heavy atom. The lowest BCUT2D eigenvalue weighted by Crippen LogP contribution is -2.14. The number of hydrogen-bond donors (Lipinski definition) is 0. The molecule has 0 bridgehead atoms. The maximum atomic E-state index is 11.9. The summed E-state index contributed by atoms with van der Waals surface area (Å²) in [5.74, 6) is 1.42. The molecule has 1 fully saturated rings. The van der Waals surface area contributed by atoms with Crippen molar-refractivity contribution in [3.8, 4) is 0 Å². The van der Waals surface area contributed by atoms with Gasteiger partial charge < -0.3 is 0 Å². The van der Waals surface area contributed by atoms with Crippen LogP contribution in [-0.4, -0.2) is 5.78 Å². The molecule has 0 aromatic carbocycles. The number of hydrogen-bond acceptors (Lipinski definition) is 2. The molecule has 82 valence electrons. The molecule has 0 spiro atoms. The minimum absolute atomic E-state index is 0.289. The summed E-state index contributed by atoms with van der Waals surface area (Å²) >= 11 is 1.79. The standard InChI is InChI=1S/C13H18OS/c1-3-11-6-7-12(15-11)8-13(14)9(2)10-4-5-10/h6-7,9-10H,3-5,8H2,1-2H3. The van der Waals surface area contributed by atoms with E-state index in [0.717, 1.165) is 6.42 Å². The van der Waals surface area contributed by atoms with Crippen LogP contribution in [0.1, 0.15) is 36.4 Å². The van der Waals surface area contributed by atoms with Gasteiger partial charge in [-0.25, -0.2) is 0 Å². The van der Waals surface area contributed by atoms with Gasteiger partial charge in [-0.3, -0.25) is 4.79 Å². The number of carbonyl (C=O) groups excluding carboxylic acids is 1. The van der Waals surface area contributed by atoms with Gasteiger partial charge >= 0.3 is 0 Å². The molecule has 1 saturated carbocycles. The maximum absolute atomic E-state index is 11.9. The predicted molar refractivity (Wildman–Crippen MR) is 64.3 cm³/mol. The Balaban J connectivity index is 1.92. The van der Waals surface area contributed by atoms with E-state index in [9.17, 15) is 4.79 Å². The average Bonchev–Trinajstić information content (AvgIpc) is 2.98. The van der Waals surface area contributed by atoms with E-state index < -0.39 is 0 Å². The molecule has 0 N–H and O–H groups in total. The van der Waals surface area contributed by atoms with Crippen LogP contribution in [0.3, 0.4) is 0 Å². The SMILES string of the molecule is CCc1ccc(CC(=O)C(C)C2CC2)s1. The molecule has 1 aromatic rings. The third-order valence-corrected chi connectivity index (χ3v) is 4.48. The Kier molecular flexibility index (Phi) is 3.25. The lowest BCUT2D eigenvalue weighted by Gasteiger charge is -2.06. The monoisotopic (exact) mass is 222 g/mol. The molecule has 0 saturated heterocycles. The summed E-state index contributed by atoms with van der Waals surface area (Å²) in [7, 11) is 0. The molecular weight excluding hydrogens is 204 g/mol. The van der Waals surface area contributed by atoms with Crippen molar-refractivity contribution in [3.05, 3.63) is 21.9 Å². The van der Waals surface area contributed by atoms with Crippen molar-refractivity contribution in [2.75, 3.05) is 0 Å². The van der Waals surface area contributed by atoms with Gasteiger partial charge in [0.25, 0.3) is 0 Å². The van der Waals surface area contributed by atoms with E-state index in [1.807, 2.05) is 0 Å². The minimum Gasteiger partial charge on any atom is -0.299 e. The third kappa shape index (κ3) is 2.69. The highest BCUT2D eigenvalue weighted by Crippen LogP contribution is 2.37. The molecule has 1 unspecified atom stereocenters. The fourth-order valence-electron chi connectivity index (χ4n) is 1.90. The van der Waals surface area contributed by atoms with Crippen molar-refractivity contribution < 1.29 is 4.79 Å². The van der Waals surface area contributed by atoms with Crippen molar-refractivity contribution in [2.45, 2.75) is 39.5 Å². The van der Waals surface area contributed by atoms with Gasteiger partial charge in [-0.15, -0.1) is 11.3 Å². The highest BCUT2D eigenvalue weighted by atomic mass is 32.1. The van der Waals surface area contributed by atoms with E-state index in [1.165, 1.54) is 22.6 Å². The van der Waals surface area contributed by atoms with E-state index in [2.05, 4.69) is 26.0 Å². The first-order valence-electron chi connectivity index (χ1n) is 5.81. The number of Topliss-reactive ketones (excluding diaryl/α,β-unsaturated/α-hetero) is 1. The molecule has 2 heteroatoms. The van der Waals surface area contributed by atoms with E-state index in [4.69, 9.17) is 0 Å². The van der Waals surface area contributed by atoms with Crippen LogP contribution in [0.4, 0.5) is 0 Å². The summed E-state index contributed by atoms with van der Waals surface area (Å²) in [6.45, 7) is 4.25. The quantitative estimate of drug-likeness (QED) is 0.745. The Bertz CT molecular complexity index is 349. The largest absolute Gasteiger partial charge is 0.299 e. The molecule has 15 heavy (non-hydrogen) atoms. The van der Waals surface area contributed by atoms with Crippen molar-refractivity contribution in [1.29, 1.82) is 0 Å². The summed E-state index contributed by atoms with van der Waals surface area (Å²) in [5, 5.41) is 0. The number of carbonyl (C=O) groups is 1. The first-order chi connectivity index (χ1) is 7.20. The van der Waals surface area contributed by atoms with Gasteiger partial charge in [0.15, 0.2) is 0 Å². The zero-order valence-corrected chi connectivity index (χ0v) is 10.3. The Hall–Kier alpha value is -0.630. The first kappa shape index (κ1) is 10.9. The van der Waals surface area contributed by atoms with Crippen molar-refractivity contribution in [1.82, 2.24) is 0 Å². The normalized spacial score (nSPS) is 17.7. The van der Waals surface area contributed by atoms with Crippen LogP contribution in [0.5, 0.6) is 0 Å². The Labute approximate surface area is 95.5 Å². The molecule has 0 aliphatic heterocycles. The number of rotatable bonds is 5. The van der Waals surface area contributed by atoms with Gasteiger partial charge in [-0.1, -0.05) is 13.8 Å². The van der Waals surface area contributed by atoms with Gasteiger partial charge in [-0.05, 0) is 37.3 Å². The molecular formula is C13H18OS. The summed E-state index contributed by atoms with van der Waals surface area (Å²) in [6.07, 6.45) is 4.26. The molecule has 1 aliphatic rings. The van der Waals surface area contributed by atoms with Crippen molar-refractivity contribution in [2.24, 2.45) is 11.8 Å². The van der Waals surface area contributed by atoms with E-state index in [1.54, 1.807) is 11.3 Å². The van der Waals surface area contributed by atoms with Crippen molar-refractivity contribution in [3.63, 3.8) is 0 Å². The van der Waals surface area contributed by atoms with Crippen LogP contribution in [0.15, 0.2) is 12.1 Å². The zero-order valence-electron chi connectivity index (χ0n) is 9.45. The third-order valence-electron chi connectivity index (χ3n) is 3.25. The van der Waals surface area contributed by atoms with Gasteiger partial charge in [-0.2, -0.15) is 0 Å². The van der Waals surface area contributed by atoms with Gasteiger partial charge in [0, 0.05) is 22.1 Å². The molecule has 1 atom stereocenters. The molecule has 0 radical (unpaired) electrons. The molecule has 1 heterocycles. The van der Waals surface area contributed by atoms with Crippen LogP contribution >= 0.6 is 11.3 Å². The number of ketones is 1. The van der Waals surface area contributed by atoms with Crippen LogP contribution in [0.25, 0.3) is 0 Å². The van der Waals surface area contributed by atoms with E-state index in [-0.39, 0.29) is 5.92 Å². The summed E-state index contributed by atoms with van der Waals surface area (Å²) in [5.41, 5.74) is 0. The topological polar surface area (TPSA) is 17.1 Å². The number of aryl methyl sites for hydroxylation is 1. The smallest absolute Gasteiger partial charge is 0.141 e. The van der Waals surface area contributed by atoms with Crippen LogP contribution in [0.2, 0.25) is 0 Å². The highest BCUT2D eigenvalue weighted by molar-refractivity contribution is 7.12.